The van der Waals surface area contributed by atoms with Gasteiger partial charge < -0.3 is 14.9 Å². The van der Waals surface area contributed by atoms with E-state index in [1.807, 2.05) is 36.4 Å². The Hall–Kier alpha value is -4.18. The van der Waals surface area contributed by atoms with Crippen LogP contribution in [-0.4, -0.2) is 21.3 Å². The van der Waals surface area contributed by atoms with Crippen LogP contribution in [0.25, 0.3) is 22.2 Å². The molecule has 0 aliphatic rings. The third kappa shape index (κ3) is 3.77. The fourth-order valence-electron chi connectivity index (χ4n) is 3.33. The molecular weight excluding hydrogens is 368 g/mol. The number of nitrogens with zero attached hydrogens (tertiary/aromatic N) is 3. The monoisotopic (exact) mass is 384 g/mol. The van der Waals surface area contributed by atoms with Gasteiger partial charge in [-0.1, -0.05) is 29.4 Å². The number of amides is 1. The molecule has 7 heteroatoms. The van der Waals surface area contributed by atoms with Crippen LogP contribution in [0.3, 0.4) is 0 Å². The van der Waals surface area contributed by atoms with E-state index in [9.17, 15) is 15.2 Å². The average Bonchev–Trinajstić information content (AvgIpc) is 3.17. The highest BCUT2D eigenvalue weighted by Crippen LogP contribution is 2.34. The SMILES string of the molecule is N#Cc1ccc(-c2noc3ccccc23)c(C(Cc2ccccn2)NC(=O)O)c1. The van der Waals surface area contributed by atoms with Crippen molar-refractivity contribution < 1.29 is 14.4 Å². The summed E-state index contributed by atoms with van der Waals surface area (Å²) in [4.78, 5) is 15.8. The molecule has 29 heavy (non-hydrogen) atoms. The first-order chi connectivity index (χ1) is 14.2. The van der Waals surface area contributed by atoms with E-state index in [0.717, 1.165) is 11.1 Å². The van der Waals surface area contributed by atoms with Gasteiger partial charge >= 0.3 is 6.09 Å². The Bertz CT molecular complexity index is 1210. The second-order valence-electron chi connectivity index (χ2n) is 6.47. The van der Waals surface area contributed by atoms with Crippen LogP contribution in [0.4, 0.5) is 4.79 Å². The van der Waals surface area contributed by atoms with Crippen molar-refractivity contribution in [2.75, 3.05) is 0 Å². The lowest BCUT2D eigenvalue weighted by atomic mass is 9.92. The van der Waals surface area contributed by atoms with E-state index >= 15 is 0 Å². The third-order valence-corrected chi connectivity index (χ3v) is 4.63. The maximum Gasteiger partial charge on any atom is 0.405 e. The van der Waals surface area contributed by atoms with Gasteiger partial charge in [-0.25, -0.2) is 4.79 Å². The maximum atomic E-state index is 11.5. The highest BCUT2D eigenvalue weighted by Gasteiger charge is 2.23. The average molecular weight is 384 g/mol. The number of para-hydroxylation sites is 1. The second kappa shape index (κ2) is 7.82. The van der Waals surface area contributed by atoms with Crippen LogP contribution in [0.5, 0.6) is 0 Å². The number of nitrogens with one attached hydrogen (secondary N) is 1. The quantitative estimate of drug-likeness (QED) is 0.530. The molecular formula is C22H16N4O3. The predicted octanol–water partition coefficient (Wildman–Crippen LogP) is 4.31. The van der Waals surface area contributed by atoms with Crippen LogP contribution in [0.15, 0.2) is 71.4 Å². The number of carbonyl (C=O) groups is 1. The molecule has 0 saturated carbocycles. The van der Waals surface area contributed by atoms with Gasteiger partial charge in [-0.15, -0.1) is 0 Å². The number of hydrogen-bond donors (Lipinski definition) is 2. The number of rotatable bonds is 5. The minimum Gasteiger partial charge on any atom is -0.465 e. The lowest BCUT2D eigenvalue weighted by Crippen LogP contribution is -2.29. The van der Waals surface area contributed by atoms with E-state index in [1.54, 1.807) is 30.5 Å². The second-order valence-corrected chi connectivity index (χ2v) is 6.47. The van der Waals surface area contributed by atoms with E-state index in [4.69, 9.17) is 4.52 Å². The Balaban J connectivity index is 1.87. The standard InChI is InChI=1S/C22H16N4O3/c23-13-14-8-9-16(21-17-6-1-2-7-20(17)29-26-21)18(11-14)19(25-22(27)28)12-15-5-3-4-10-24-15/h1-11,19,25H,12H2,(H,27,28). The topological polar surface area (TPSA) is 112 Å². The Morgan fingerprint density at radius 3 is 2.76 bits per heavy atom. The molecule has 4 rings (SSSR count). The zero-order valence-electron chi connectivity index (χ0n) is 15.2. The van der Waals surface area contributed by atoms with E-state index in [-0.39, 0.29) is 0 Å². The van der Waals surface area contributed by atoms with Crippen LogP contribution in [0.2, 0.25) is 0 Å². The summed E-state index contributed by atoms with van der Waals surface area (Å²) >= 11 is 0. The minimum atomic E-state index is -1.16. The number of carboxylic acid groups (broad SMARTS) is 1. The molecule has 0 fully saturated rings. The van der Waals surface area contributed by atoms with Gasteiger partial charge in [-0.3, -0.25) is 4.98 Å². The summed E-state index contributed by atoms with van der Waals surface area (Å²) < 4.78 is 5.43. The van der Waals surface area contributed by atoms with Crippen LogP contribution in [-0.2, 0) is 6.42 Å². The summed E-state index contributed by atoms with van der Waals surface area (Å²) in [6.07, 6.45) is 0.819. The third-order valence-electron chi connectivity index (χ3n) is 4.63. The molecule has 0 aliphatic heterocycles. The van der Waals surface area contributed by atoms with Crippen molar-refractivity contribution in [2.24, 2.45) is 0 Å². The van der Waals surface area contributed by atoms with Crippen LogP contribution < -0.4 is 5.32 Å². The largest absolute Gasteiger partial charge is 0.465 e. The van der Waals surface area contributed by atoms with E-state index < -0.39 is 12.1 Å². The zero-order chi connectivity index (χ0) is 20.2. The van der Waals surface area contributed by atoms with Crippen molar-refractivity contribution in [3.63, 3.8) is 0 Å². The van der Waals surface area contributed by atoms with Gasteiger partial charge in [0.15, 0.2) is 5.58 Å². The first kappa shape index (κ1) is 18.2. The maximum absolute atomic E-state index is 11.5. The van der Waals surface area contributed by atoms with E-state index in [1.165, 1.54) is 0 Å². The lowest BCUT2D eigenvalue weighted by Gasteiger charge is -2.20. The molecule has 1 amide bonds. The molecule has 1 unspecified atom stereocenters. The van der Waals surface area contributed by atoms with Crippen LogP contribution in [0, 0.1) is 11.3 Å². The van der Waals surface area contributed by atoms with Gasteiger partial charge in [0.25, 0.3) is 0 Å². The molecule has 2 aromatic heterocycles. The van der Waals surface area contributed by atoms with Gasteiger partial charge in [0.2, 0.25) is 0 Å². The van der Waals surface area contributed by atoms with Gasteiger partial charge in [0.1, 0.15) is 5.69 Å². The summed E-state index contributed by atoms with van der Waals surface area (Å²) in [6.45, 7) is 0. The Kier molecular flexibility index (Phi) is 4.91. The Morgan fingerprint density at radius 2 is 2.00 bits per heavy atom. The molecule has 1 atom stereocenters. The molecule has 142 valence electrons. The fraction of sp³-hybridized carbons (Fsp3) is 0.0909. The van der Waals surface area contributed by atoms with Crippen molar-refractivity contribution in [3.8, 4) is 17.3 Å². The highest BCUT2D eigenvalue weighted by molar-refractivity contribution is 5.92. The molecule has 0 aliphatic carbocycles. The van der Waals surface area contributed by atoms with Crippen LogP contribution in [0.1, 0.15) is 22.9 Å². The number of pyridine rings is 1. The molecule has 4 aromatic rings. The summed E-state index contributed by atoms with van der Waals surface area (Å²) in [6, 6.07) is 19.5. The van der Waals surface area contributed by atoms with Crippen molar-refractivity contribution in [1.82, 2.24) is 15.5 Å². The predicted molar refractivity (Wildman–Crippen MR) is 106 cm³/mol. The van der Waals surface area contributed by atoms with Gasteiger partial charge in [0, 0.05) is 29.3 Å². The number of hydrogen-bond acceptors (Lipinski definition) is 5. The molecule has 7 nitrogen and oxygen atoms in total. The molecule has 0 bridgehead atoms. The smallest absolute Gasteiger partial charge is 0.405 e. The Morgan fingerprint density at radius 1 is 1.17 bits per heavy atom. The van der Waals surface area contributed by atoms with E-state index in [0.29, 0.717) is 34.4 Å². The Labute approximate surface area is 166 Å². The van der Waals surface area contributed by atoms with Gasteiger partial charge in [0.05, 0.1) is 17.7 Å². The molecule has 2 N–H and O–H groups in total. The van der Waals surface area contributed by atoms with Crippen molar-refractivity contribution in [3.05, 3.63) is 83.7 Å². The number of fused-ring (bicyclic) bond motifs is 1. The molecule has 2 heterocycles. The lowest BCUT2D eigenvalue weighted by molar-refractivity contribution is 0.189. The number of benzene rings is 2. The van der Waals surface area contributed by atoms with Crippen molar-refractivity contribution >= 4 is 17.1 Å². The fourth-order valence-corrected chi connectivity index (χ4v) is 3.33. The van der Waals surface area contributed by atoms with Crippen LogP contribution >= 0.6 is 0 Å². The summed E-state index contributed by atoms with van der Waals surface area (Å²) in [7, 11) is 0. The molecule has 0 spiro atoms. The molecule has 0 saturated heterocycles. The normalized spacial score (nSPS) is 11.7. The van der Waals surface area contributed by atoms with Gasteiger partial charge in [-0.05, 0) is 42.0 Å². The number of aromatic nitrogens is 2. The summed E-state index contributed by atoms with van der Waals surface area (Å²) in [5.41, 5.74) is 3.71. The van der Waals surface area contributed by atoms with Gasteiger partial charge in [-0.2, -0.15) is 5.26 Å². The van der Waals surface area contributed by atoms with E-state index in [2.05, 4.69) is 21.5 Å². The zero-order valence-corrected chi connectivity index (χ0v) is 15.2. The summed E-state index contributed by atoms with van der Waals surface area (Å²) in [5.74, 6) is 0. The first-order valence-electron chi connectivity index (χ1n) is 8.94. The first-order valence-corrected chi connectivity index (χ1v) is 8.94. The summed E-state index contributed by atoms with van der Waals surface area (Å²) in [5, 5.41) is 26.4. The molecule has 0 radical (unpaired) electrons. The number of nitriles is 1. The minimum absolute atomic E-state index is 0.324. The van der Waals surface area contributed by atoms with Crippen molar-refractivity contribution in [2.45, 2.75) is 12.5 Å². The highest BCUT2D eigenvalue weighted by atomic mass is 16.5. The van der Waals surface area contributed by atoms with Crippen molar-refractivity contribution in [1.29, 1.82) is 5.26 Å². The molecule has 2 aromatic carbocycles.